The highest BCUT2D eigenvalue weighted by molar-refractivity contribution is 7.89. The monoisotopic (exact) mass is 438 g/mol. The van der Waals surface area contributed by atoms with Crippen LogP contribution in [0.4, 0.5) is 4.39 Å². The molecule has 0 aliphatic carbocycles. The van der Waals surface area contributed by atoms with E-state index in [0.29, 0.717) is 31.9 Å². The fraction of sp³-hybridized carbons (Fsp3) is 0.550. The van der Waals surface area contributed by atoms with E-state index in [9.17, 15) is 12.8 Å². The molecule has 2 atom stereocenters. The van der Waals surface area contributed by atoms with Crippen molar-refractivity contribution in [2.24, 2.45) is 0 Å². The van der Waals surface area contributed by atoms with E-state index in [4.69, 9.17) is 9.47 Å². The largest absolute Gasteiger partial charge is 0.372 e. The zero-order valence-corrected chi connectivity index (χ0v) is 17.9. The van der Waals surface area contributed by atoms with Crippen LogP contribution in [0.25, 0.3) is 0 Å². The molecule has 1 aromatic carbocycles. The van der Waals surface area contributed by atoms with Gasteiger partial charge in [-0.2, -0.15) is 0 Å². The number of fused-ring (bicyclic) bond motifs is 1. The first-order valence-electron chi connectivity index (χ1n) is 10.1. The van der Waals surface area contributed by atoms with Crippen LogP contribution in [0.15, 0.2) is 29.4 Å². The van der Waals surface area contributed by atoms with Gasteiger partial charge in [0.1, 0.15) is 11.6 Å². The molecule has 0 amide bonds. The average molecular weight is 439 g/mol. The number of halogens is 1. The quantitative estimate of drug-likeness (QED) is 0.707. The van der Waals surface area contributed by atoms with Crippen molar-refractivity contribution < 1.29 is 22.3 Å². The third-order valence-electron chi connectivity index (χ3n) is 5.56. The predicted octanol–water partition coefficient (Wildman–Crippen LogP) is 1.37. The normalized spacial score (nSPS) is 23.4. The standard InChI is InChI=1S/C20H27FN4O4S/c1-3-19-22-7-20(23-19)30(26,27)24-16-11-28-17-9-25(10-18(17)29-12-16)8-14-4-5-15(21)6-13(14)2/h4-7,16-18,24H,3,8-12H2,1-2H3,(H,22,23)/t17-,18-/m0/s1. The molecule has 30 heavy (non-hydrogen) atoms. The molecular weight excluding hydrogens is 411 g/mol. The van der Waals surface area contributed by atoms with Gasteiger partial charge in [0.2, 0.25) is 0 Å². The van der Waals surface area contributed by atoms with E-state index in [-0.39, 0.29) is 36.3 Å². The highest BCUT2D eigenvalue weighted by Gasteiger charge is 2.38. The molecule has 3 heterocycles. The molecule has 2 aliphatic heterocycles. The van der Waals surface area contributed by atoms with E-state index in [1.807, 2.05) is 19.9 Å². The lowest BCUT2D eigenvalue weighted by Gasteiger charge is -2.19. The molecule has 1 aromatic heterocycles. The molecule has 2 saturated heterocycles. The Hall–Kier alpha value is -1.85. The number of aromatic amines is 1. The van der Waals surface area contributed by atoms with Crippen LogP contribution in [-0.2, 0) is 32.5 Å². The molecule has 0 unspecified atom stereocenters. The highest BCUT2D eigenvalue weighted by Crippen LogP contribution is 2.23. The number of H-pyrrole nitrogens is 1. The summed E-state index contributed by atoms with van der Waals surface area (Å²) in [7, 11) is -3.72. The molecule has 0 radical (unpaired) electrons. The lowest BCUT2D eigenvalue weighted by atomic mass is 10.1. The number of benzene rings is 1. The highest BCUT2D eigenvalue weighted by atomic mass is 32.2. The van der Waals surface area contributed by atoms with Crippen LogP contribution in [0, 0.1) is 12.7 Å². The number of nitrogens with zero attached hydrogens (tertiary/aromatic N) is 2. The van der Waals surface area contributed by atoms with Crippen molar-refractivity contribution in [3.8, 4) is 0 Å². The summed E-state index contributed by atoms with van der Waals surface area (Å²) < 4.78 is 53.1. The maximum atomic E-state index is 13.3. The van der Waals surface area contributed by atoms with Gasteiger partial charge in [0.25, 0.3) is 10.0 Å². The summed E-state index contributed by atoms with van der Waals surface area (Å²) in [5, 5.41) is 0.0460. The number of ether oxygens (including phenoxy) is 2. The van der Waals surface area contributed by atoms with Crippen LogP contribution in [0.1, 0.15) is 23.9 Å². The van der Waals surface area contributed by atoms with Gasteiger partial charge < -0.3 is 14.5 Å². The van der Waals surface area contributed by atoms with Gasteiger partial charge in [-0.25, -0.2) is 22.5 Å². The van der Waals surface area contributed by atoms with Gasteiger partial charge in [0.05, 0.1) is 37.7 Å². The van der Waals surface area contributed by atoms with E-state index in [2.05, 4.69) is 19.6 Å². The van der Waals surface area contributed by atoms with E-state index < -0.39 is 16.1 Å². The van der Waals surface area contributed by atoms with Crippen molar-refractivity contribution in [2.75, 3.05) is 26.3 Å². The summed E-state index contributed by atoms with van der Waals surface area (Å²) in [6.45, 7) is 6.33. The topological polar surface area (TPSA) is 96.6 Å². The Labute approximate surface area is 175 Å². The predicted molar refractivity (Wildman–Crippen MR) is 108 cm³/mol. The number of nitrogens with one attached hydrogen (secondary N) is 2. The zero-order chi connectivity index (χ0) is 21.3. The fourth-order valence-corrected chi connectivity index (χ4v) is 5.03. The average Bonchev–Trinajstić information content (AvgIpc) is 3.30. The molecule has 8 nitrogen and oxygen atoms in total. The number of sulfonamides is 1. The van der Waals surface area contributed by atoms with Gasteiger partial charge in [0, 0.05) is 26.1 Å². The molecule has 4 rings (SSSR count). The van der Waals surface area contributed by atoms with E-state index in [0.717, 1.165) is 11.1 Å². The lowest BCUT2D eigenvalue weighted by Crippen LogP contribution is -2.41. The van der Waals surface area contributed by atoms with Gasteiger partial charge in [-0.15, -0.1) is 0 Å². The maximum absolute atomic E-state index is 13.3. The minimum Gasteiger partial charge on any atom is -0.372 e. The van der Waals surface area contributed by atoms with Crippen LogP contribution in [0.5, 0.6) is 0 Å². The van der Waals surface area contributed by atoms with Crippen molar-refractivity contribution in [3.63, 3.8) is 0 Å². The van der Waals surface area contributed by atoms with Crippen molar-refractivity contribution in [2.45, 2.75) is 50.1 Å². The van der Waals surface area contributed by atoms with Crippen LogP contribution >= 0.6 is 0 Å². The number of likely N-dealkylation sites (tertiary alicyclic amines) is 1. The first-order chi connectivity index (χ1) is 14.3. The maximum Gasteiger partial charge on any atom is 0.258 e. The Morgan fingerprint density at radius 1 is 1.27 bits per heavy atom. The third-order valence-corrected chi connectivity index (χ3v) is 6.99. The van der Waals surface area contributed by atoms with Gasteiger partial charge in [-0.05, 0) is 30.2 Å². The first kappa shape index (κ1) is 21.4. The van der Waals surface area contributed by atoms with Crippen molar-refractivity contribution in [3.05, 3.63) is 47.2 Å². The molecule has 0 spiro atoms. The number of imidazole rings is 1. The molecule has 2 fully saturated rings. The van der Waals surface area contributed by atoms with Crippen molar-refractivity contribution in [1.29, 1.82) is 0 Å². The molecule has 10 heteroatoms. The summed E-state index contributed by atoms with van der Waals surface area (Å²) >= 11 is 0. The van der Waals surface area contributed by atoms with E-state index in [1.165, 1.54) is 18.3 Å². The Kier molecular flexibility index (Phi) is 6.21. The lowest BCUT2D eigenvalue weighted by molar-refractivity contribution is -0.00461. The summed E-state index contributed by atoms with van der Waals surface area (Å²) in [5.41, 5.74) is 1.99. The number of rotatable bonds is 6. The fourth-order valence-electron chi connectivity index (χ4n) is 3.88. The second kappa shape index (κ2) is 8.72. The van der Waals surface area contributed by atoms with Crippen LogP contribution in [-0.4, -0.2) is 67.8 Å². The molecule has 0 bridgehead atoms. The van der Waals surface area contributed by atoms with E-state index in [1.54, 1.807) is 0 Å². The molecule has 2 aliphatic rings. The summed E-state index contributed by atoms with van der Waals surface area (Å²) in [4.78, 5) is 9.08. The van der Waals surface area contributed by atoms with Gasteiger partial charge in [-0.3, -0.25) is 4.90 Å². The molecule has 2 N–H and O–H groups in total. The van der Waals surface area contributed by atoms with Crippen LogP contribution in [0.3, 0.4) is 0 Å². The smallest absolute Gasteiger partial charge is 0.258 e. The van der Waals surface area contributed by atoms with Crippen LogP contribution in [0.2, 0.25) is 0 Å². The number of hydrogen-bond donors (Lipinski definition) is 2. The van der Waals surface area contributed by atoms with Crippen molar-refractivity contribution >= 4 is 10.0 Å². The summed E-state index contributed by atoms with van der Waals surface area (Å²) in [5.74, 6) is 0.388. The number of aromatic nitrogens is 2. The Bertz CT molecular complexity index is 980. The SMILES string of the molecule is CCc1ncc(S(=O)(=O)NC2CO[C@H]3CN(Cc4ccc(F)cc4C)C[C@@H]3OC2)[nH]1. The number of aryl methyl sites for hydroxylation is 2. The zero-order valence-electron chi connectivity index (χ0n) is 17.1. The molecular formula is C20H27FN4O4S. The van der Waals surface area contributed by atoms with E-state index >= 15 is 0 Å². The van der Waals surface area contributed by atoms with Gasteiger partial charge in [-0.1, -0.05) is 13.0 Å². The second-order valence-electron chi connectivity index (χ2n) is 7.87. The minimum absolute atomic E-state index is 0.0460. The summed E-state index contributed by atoms with van der Waals surface area (Å²) in [6, 6.07) is 4.35. The molecule has 2 aromatic rings. The second-order valence-corrected chi connectivity index (χ2v) is 9.56. The van der Waals surface area contributed by atoms with Gasteiger partial charge in [0.15, 0.2) is 5.03 Å². The summed E-state index contributed by atoms with van der Waals surface area (Å²) in [6.07, 6.45) is 1.70. The van der Waals surface area contributed by atoms with Gasteiger partial charge >= 0.3 is 0 Å². The Balaban J connectivity index is 1.33. The number of hydrogen-bond acceptors (Lipinski definition) is 6. The Morgan fingerprint density at radius 2 is 1.97 bits per heavy atom. The first-order valence-corrected chi connectivity index (χ1v) is 11.6. The molecule has 0 saturated carbocycles. The van der Waals surface area contributed by atoms with Crippen LogP contribution < -0.4 is 4.72 Å². The Morgan fingerprint density at radius 3 is 2.57 bits per heavy atom. The molecule has 164 valence electrons. The van der Waals surface area contributed by atoms with Crippen molar-refractivity contribution in [1.82, 2.24) is 19.6 Å². The third kappa shape index (κ3) is 4.73. The minimum atomic E-state index is -3.72.